The maximum Gasteiger partial charge on any atom is 0.284 e. The van der Waals surface area contributed by atoms with Crippen molar-refractivity contribution in [2.75, 3.05) is 0 Å². The second-order valence-corrected chi connectivity index (χ2v) is 3.47. The molecule has 0 atom stereocenters. The first-order valence-corrected chi connectivity index (χ1v) is 4.94. The van der Waals surface area contributed by atoms with Crippen LogP contribution >= 0.6 is 12.2 Å². The molecule has 0 spiro atoms. The van der Waals surface area contributed by atoms with Crippen molar-refractivity contribution >= 4 is 12.2 Å². The number of aromatic nitrogens is 2. The average Bonchev–Trinajstić information content (AvgIpc) is 2.63. The number of hydrogen-bond donors (Lipinski definition) is 1. The smallest absolute Gasteiger partial charge is 0.284 e. The van der Waals surface area contributed by atoms with Crippen molar-refractivity contribution in [3.05, 3.63) is 46.4 Å². The summed E-state index contributed by atoms with van der Waals surface area (Å²) in [5.74, 6) is 0.301. The summed E-state index contributed by atoms with van der Waals surface area (Å²) < 4.78 is 18.3. The molecule has 1 aromatic carbocycles. The zero-order valence-corrected chi connectivity index (χ0v) is 8.68. The molecule has 1 aromatic heterocycles. The zero-order valence-electron chi connectivity index (χ0n) is 7.87. The van der Waals surface area contributed by atoms with Crippen LogP contribution in [-0.2, 0) is 12.8 Å². The van der Waals surface area contributed by atoms with E-state index in [4.69, 9.17) is 16.6 Å². The Morgan fingerprint density at radius 1 is 1.33 bits per heavy atom. The summed E-state index contributed by atoms with van der Waals surface area (Å²) in [5.41, 5.74) is 0.654. The standard InChI is InChI=1S/C10H9FN2OS/c11-8-4-2-1-3-7(8)5-6-9-12-13-10(15)14-9/h1-4H,5-6H2,(H,13,15). The Morgan fingerprint density at radius 2 is 2.13 bits per heavy atom. The Labute approximate surface area is 90.9 Å². The molecular weight excluding hydrogens is 215 g/mol. The van der Waals surface area contributed by atoms with Gasteiger partial charge in [-0.25, -0.2) is 9.49 Å². The Morgan fingerprint density at radius 3 is 2.80 bits per heavy atom. The SMILES string of the molecule is Fc1ccccc1CCc1n[nH]c(=S)o1. The molecule has 2 aromatic rings. The fourth-order valence-electron chi connectivity index (χ4n) is 1.31. The van der Waals surface area contributed by atoms with E-state index in [-0.39, 0.29) is 10.7 Å². The van der Waals surface area contributed by atoms with Crippen LogP contribution in [0.1, 0.15) is 11.5 Å². The highest BCUT2D eigenvalue weighted by molar-refractivity contribution is 7.71. The van der Waals surface area contributed by atoms with Crippen LogP contribution in [0.3, 0.4) is 0 Å². The van der Waals surface area contributed by atoms with E-state index in [1.165, 1.54) is 6.07 Å². The van der Waals surface area contributed by atoms with E-state index < -0.39 is 0 Å². The van der Waals surface area contributed by atoms with Gasteiger partial charge in [0.2, 0.25) is 5.89 Å². The number of nitrogens with one attached hydrogen (secondary N) is 1. The lowest BCUT2D eigenvalue weighted by molar-refractivity contribution is 0.478. The van der Waals surface area contributed by atoms with E-state index in [9.17, 15) is 4.39 Å². The Bertz CT molecular complexity index is 506. The molecule has 15 heavy (non-hydrogen) atoms. The summed E-state index contributed by atoms with van der Waals surface area (Å²) in [4.78, 5) is 0.249. The van der Waals surface area contributed by atoms with E-state index in [1.54, 1.807) is 18.2 Å². The third-order valence-electron chi connectivity index (χ3n) is 2.05. The van der Waals surface area contributed by atoms with Gasteiger partial charge in [-0.2, -0.15) is 0 Å². The molecular formula is C10H9FN2OS. The molecule has 0 aliphatic heterocycles. The van der Waals surface area contributed by atoms with E-state index in [0.717, 1.165) is 0 Å². The van der Waals surface area contributed by atoms with Gasteiger partial charge in [0, 0.05) is 6.42 Å². The first-order chi connectivity index (χ1) is 7.25. The third kappa shape index (κ3) is 2.50. The summed E-state index contributed by atoms with van der Waals surface area (Å²) >= 11 is 4.73. The summed E-state index contributed by atoms with van der Waals surface area (Å²) in [5, 5.41) is 6.37. The number of rotatable bonds is 3. The number of hydrogen-bond acceptors (Lipinski definition) is 3. The van der Waals surface area contributed by atoms with Crippen molar-refractivity contribution in [2.45, 2.75) is 12.8 Å². The monoisotopic (exact) mass is 224 g/mol. The molecule has 1 N–H and O–H groups in total. The molecule has 0 aliphatic rings. The third-order valence-corrected chi connectivity index (χ3v) is 2.22. The average molecular weight is 224 g/mol. The van der Waals surface area contributed by atoms with Crippen LogP contribution in [0.5, 0.6) is 0 Å². The van der Waals surface area contributed by atoms with Gasteiger partial charge in [-0.05, 0) is 30.3 Å². The van der Waals surface area contributed by atoms with Crippen LogP contribution in [0.15, 0.2) is 28.7 Å². The largest absolute Gasteiger partial charge is 0.414 e. The number of nitrogens with zero attached hydrogens (tertiary/aromatic N) is 1. The summed E-state index contributed by atoms with van der Waals surface area (Å²) in [6, 6.07) is 6.66. The normalized spacial score (nSPS) is 10.5. The fourth-order valence-corrected chi connectivity index (χ4v) is 1.45. The highest BCUT2D eigenvalue weighted by Gasteiger charge is 2.04. The maximum atomic E-state index is 13.2. The van der Waals surface area contributed by atoms with Gasteiger partial charge < -0.3 is 4.42 Å². The molecule has 5 heteroatoms. The fraction of sp³-hybridized carbons (Fsp3) is 0.200. The topological polar surface area (TPSA) is 41.8 Å². The minimum atomic E-state index is -0.202. The van der Waals surface area contributed by atoms with Crippen LogP contribution in [-0.4, -0.2) is 10.2 Å². The van der Waals surface area contributed by atoms with Crippen molar-refractivity contribution in [1.82, 2.24) is 10.2 Å². The molecule has 0 saturated heterocycles. The first-order valence-electron chi connectivity index (χ1n) is 4.53. The van der Waals surface area contributed by atoms with Gasteiger partial charge in [0.15, 0.2) is 0 Å². The molecule has 0 unspecified atom stereocenters. The van der Waals surface area contributed by atoms with Crippen LogP contribution in [0.2, 0.25) is 0 Å². The summed E-state index contributed by atoms with van der Waals surface area (Å²) in [7, 11) is 0. The van der Waals surface area contributed by atoms with Crippen molar-refractivity contribution in [3.63, 3.8) is 0 Å². The van der Waals surface area contributed by atoms with Gasteiger partial charge in [-0.1, -0.05) is 18.2 Å². The zero-order chi connectivity index (χ0) is 10.7. The van der Waals surface area contributed by atoms with Crippen LogP contribution < -0.4 is 0 Å². The van der Waals surface area contributed by atoms with E-state index in [2.05, 4.69) is 10.2 Å². The van der Waals surface area contributed by atoms with E-state index >= 15 is 0 Å². The molecule has 0 amide bonds. The number of H-pyrrole nitrogens is 1. The Hall–Kier alpha value is -1.49. The molecule has 1 heterocycles. The van der Waals surface area contributed by atoms with Crippen molar-refractivity contribution in [2.24, 2.45) is 0 Å². The molecule has 78 valence electrons. The van der Waals surface area contributed by atoms with Gasteiger partial charge in [-0.15, -0.1) is 5.10 Å². The number of aromatic amines is 1. The predicted octanol–water partition coefficient (Wildman–Crippen LogP) is 2.66. The molecule has 0 saturated carbocycles. The molecule has 0 aliphatic carbocycles. The quantitative estimate of drug-likeness (QED) is 0.815. The van der Waals surface area contributed by atoms with Crippen molar-refractivity contribution in [1.29, 1.82) is 0 Å². The first kappa shape index (κ1) is 10.0. The number of aryl methyl sites for hydroxylation is 2. The lowest BCUT2D eigenvalue weighted by Crippen LogP contribution is -1.94. The number of halogens is 1. The molecule has 0 fully saturated rings. The van der Waals surface area contributed by atoms with Crippen molar-refractivity contribution < 1.29 is 8.81 Å². The molecule has 0 radical (unpaired) electrons. The lowest BCUT2D eigenvalue weighted by Gasteiger charge is -1.99. The Balaban J connectivity index is 2.05. The van der Waals surface area contributed by atoms with Gasteiger partial charge in [0.05, 0.1) is 0 Å². The molecule has 2 rings (SSSR count). The van der Waals surface area contributed by atoms with Crippen molar-refractivity contribution in [3.8, 4) is 0 Å². The van der Waals surface area contributed by atoms with Gasteiger partial charge >= 0.3 is 0 Å². The summed E-state index contributed by atoms with van der Waals surface area (Å²) in [6.07, 6.45) is 1.09. The minimum Gasteiger partial charge on any atom is -0.414 e. The minimum absolute atomic E-state index is 0.202. The second-order valence-electron chi connectivity index (χ2n) is 3.10. The highest BCUT2D eigenvalue weighted by atomic mass is 32.1. The molecule has 0 bridgehead atoms. The predicted molar refractivity (Wildman–Crippen MR) is 55.5 cm³/mol. The lowest BCUT2D eigenvalue weighted by atomic mass is 10.1. The highest BCUT2D eigenvalue weighted by Crippen LogP contribution is 2.09. The maximum absolute atomic E-state index is 13.2. The van der Waals surface area contributed by atoms with Gasteiger partial charge in [-0.3, -0.25) is 0 Å². The van der Waals surface area contributed by atoms with Crippen LogP contribution in [0.25, 0.3) is 0 Å². The van der Waals surface area contributed by atoms with Crippen LogP contribution in [0, 0.1) is 10.7 Å². The number of benzene rings is 1. The van der Waals surface area contributed by atoms with Gasteiger partial charge in [0.1, 0.15) is 5.82 Å². The van der Waals surface area contributed by atoms with Gasteiger partial charge in [0.25, 0.3) is 4.84 Å². The summed E-state index contributed by atoms with van der Waals surface area (Å²) in [6.45, 7) is 0. The van der Waals surface area contributed by atoms with E-state index in [1.807, 2.05) is 0 Å². The Kier molecular flexibility index (Phi) is 2.91. The second kappa shape index (κ2) is 4.35. The molecule has 3 nitrogen and oxygen atoms in total. The van der Waals surface area contributed by atoms with Crippen LogP contribution in [0.4, 0.5) is 4.39 Å². The van der Waals surface area contributed by atoms with E-state index in [0.29, 0.717) is 24.3 Å².